The SMILES string of the molecule is CC(C)NC(=O)CN(C)Cc1cccc(C#CCCO)c1. The summed E-state index contributed by atoms with van der Waals surface area (Å²) in [5, 5.41) is 11.6. The molecule has 0 bridgehead atoms. The Morgan fingerprint density at radius 2 is 2.19 bits per heavy atom. The third-order valence-electron chi connectivity index (χ3n) is 2.71. The fourth-order valence-corrected chi connectivity index (χ4v) is 1.95. The van der Waals surface area contributed by atoms with Crippen LogP contribution in [0.3, 0.4) is 0 Å². The second-order valence-corrected chi connectivity index (χ2v) is 5.37. The van der Waals surface area contributed by atoms with Crippen molar-refractivity contribution in [3.05, 3.63) is 35.4 Å². The number of rotatable bonds is 6. The first-order chi connectivity index (χ1) is 10.0. The summed E-state index contributed by atoms with van der Waals surface area (Å²) >= 11 is 0. The molecule has 0 spiro atoms. The van der Waals surface area contributed by atoms with Crippen molar-refractivity contribution in [3.63, 3.8) is 0 Å². The van der Waals surface area contributed by atoms with Crippen molar-refractivity contribution in [1.29, 1.82) is 0 Å². The lowest BCUT2D eigenvalue weighted by atomic mass is 10.1. The minimum atomic E-state index is 0.0337. The molecule has 4 nitrogen and oxygen atoms in total. The summed E-state index contributed by atoms with van der Waals surface area (Å²) in [5.41, 5.74) is 2.05. The zero-order chi connectivity index (χ0) is 15.7. The van der Waals surface area contributed by atoms with Crippen LogP contribution in [0.1, 0.15) is 31.4 Å². The second-order valence-electron chi connectivity index (χ2n) is 5.37. The maximum Gasteiger partial charge on any atom is 0.234 e. The van der Waals surface area contributed by atoms with Crippen molar-refractivity contribution >= 4 is 5.91 Å². The maximum atomic E-state index is 11.7. The number of benzene rings is 1. The van der Waals surface area contributed by atoms with E-state index in [1.54, 1.807) is 0 Å². The highest BCUT2D eigenvalue weighted by molar-refractivity contribution is 5.78. The lowest BCUT2D eigenvalue weighted by Crippen LogP contribution is -2.38. The van der Waals surface area contributed by atoms with E-state index < -0.39 is 0 Å². The molecule has 0 aliphatic heterocycles. The van der Waals surface area contributed by atoms with Crippen LogP contribution in [0.2, 0.25) is 0 Å². The average Bonchev–Trinajstić information content (AvgIpc) is 2.38. The van der Waals surface area contributed by atoms with Gasteiger partial charge in [0.05, 0.1) is 13.2 Å². The normalized spacial score (nSPS) is 10.4. The quantitative estimate of drug-likeness (QED) is 0.778. The van der Waals surface area contributed by atoms with E-state index in [0.717, 1.165) is 11.1 Å². The van der Waals surface area contributed by atoms with Gasteiger partial charge in [0.2, 0.25) is 5.91 Å². The third kappa shape index (κ3) is 7.50. The number of aliphatic hydroxyl groups is 1. The molecule has 1 aromatic carbocycles. The van der Waals surface area contributed by atoms with Gasteiger partial charge in [-0.05, 0) is 38.6 Å². The van der Waals surface area contributed by atoms with Gasteiger partial charge in [0, 0.05) is 24.6 Å². The summed E-state index contributed by atoms with van der Waals surface area (Å²) in [7, 11) is 1.92. The fourth-order valence-electron chi connectivity index (χ4n) is 1.95. The van der Waals surface area contributed by atoms with Crippen molar-refractivity contribution in [2.24, 2.45) is 0 Å². The van der Waals surface area contributed by atoms with Gasteiger partial charge in [0.1, 0.15) is 0 Å². The van der Waals surface area contributed by atoms with Crippen molar-refractivity contribution in [2.75, 3.05) is 20.2 Å². The Balaban J connectivity index is 2.56. The number of carbonyl (C=O) groups excluding carboxylic acids is 1. The molecule has 1 amide bonds. The minimum absolute atomic E-state index is 0.0337. The average molecular weight is 288 g/mol. The molecule has 1 aromatic rings. The Hall–Kier alpha value is -1.83. The van der Waals surface area contributed by atoms with E-state index in [4.69, 9.17) is 5.11 Å². The predicted octanol–water partition coefficient (Wildman–Crippen LogP) is 1.38. The van der Waals surface area contributed by atoms with Gasteiger partial charge in [-0.25, -0.2) is 0 Å². The first kappa shape index (κ1) is 17.2. The van der Waals surface area contributed by atoms with Crippen LogP contribution in [-0.2, 0) is 11.3 Å². The Bertz CT molecular complexity index is 515. The Kier molecular flexibility index (Phi) is 7.52. The lowest BCUT2D eigenvalue weighted by Gasteiger charge is -2.17. The molecule has 0 atom stereocenters. The van der Waals surface area contributed by atoms with E-state index in [9.17, 15) is 4.79 Å². The van der Waals surface area contributed by atoms with Crippen molar-refractivity contribution in [1.82, 2.24) is 10.2 Å². The number of aliphatic hydroxyl groups excluding tert-OH is 1. The second kappa shape index (κ2) is 9.17. The molecule has 0 aromatic heterocycles. The van der Waals surface area contributed by atoms with Gasteiger partial charge in [0.25, 0.3) is 0 Å². The highest BCUT2D eigenvalue weighted by Gasteiger charge is 2.08. The van der Waals surface area contributed by atoms with Crippen LogP contribution in [0, 0.1) is 11.8 Å². The summed E-state index contributed by atoms with van der Waals surface area (Å²) in [6.07, 6.45) is 0.486. The molecule has 0 radical (unpaired) electrons. The van der Waals surface area contributed by atoms with Crippen LogP contribution in [0.5, 0.6) is 0 Å². The van der Waals surface area contributed by atoms with Crippen LogP contribution >= 0.6 is 0 Å². The first-order valence-electron chi connectivity index (χ1n) is 7.18. The number of amides is 1. The predicted molar refractivity (Wildman–Crippen MR) is 84.6 cm³/mol. The molecule has 4 heteroatoms. The van der Waals surface area contributed by atoms with Gasteiger partial charge in [-0.15, -0.1) is 0 Å². The molecule has 0 aliphatic carbocycles. The zero-order valence-electron chi connectivity index (χ0n) is 13.0. The molecular formula is C17H24N2O2. The van der Waals surface area contributed by atoms with Crippen molar-refractivity contribution in [3.8, 4) is 11.8 Å². The summed E-state index contributed by atoms with van der Waals surface area (Å²) < 4.78 is 0. The Morgan fingerprint density at radius 1 is 1.43 bits per heavy atom. The molecule has 2 N–H and O–H groups in total. The number of nitrogens with one attached hydrogen (secondary N) is 1. The van der Waals surface area contributed by atoms with E-state index in [2.05, 4.69) is 17.2 Å². The van der Waals surface area contributed by atoms with E-state index in [-0.39, 0.29) is 18.6 Å². The van der Waals surface area contributed by atoms with Crippen LogP contribution in [0.4, 0.5) is 0 Å². The Labute approximate surface area is 127 Å². The van der Waals surface area contributed by atoms with Gasteiger partial charge >= 0.3 is 0 Å². The summed E-state index contributed by atoms with van der Waals surface area (Å²) in [6, 6.07) is 8.10. The van der Waals surface area contributed by atoms with Crippen LogP contribution in [0.15, 0.2) is 24.3 Å². The monoisotopic (exact) mass is 288 g/mol. The van der Waals surface area contributed by atoms with E-state index in [1.165, 1.54) is 0 Å². The molecule has 0 aliphatic rings. The van der Waals surface area contributed by atoms with Gasteiger partial charge in [-0.1, -0.05) is 24.0 Å². The topological polar surface area (TPSA) is 52.6 Å². The van der Waals surface area contributed by atoms with Gasteiger partial charge in [-0.3, -0.25) is 9.69 Å². The van der Waals surface area contributed by atoms with Crippen LogP contribution in [-0.4, -0.2) is 42.2 Å². The number of carbonyl (C=O) groups is 1. The molecule has 0 saturated heterocycles. The number of nitrogens with zero attached hydrogens (tertiary/aromatic N) is 1. The minimum Gasteiger partial charge on any atom is -0.395 e. The fraction of sp³-hybridized carbons (Fsp3) is 0.471. The van der Waals surface area contributed by atoms with Crippen molar-refractivity contribution in [2.45, 2.75) is 32.9 Å². The van der Waals surface area contributed by atoms with Crippen molar-refractivity contribution < 1.29 is 9.90 Å². The summed E-state index contributed by atoms with van der Waals surface area (Å²) in [5.74, 6) is 5.96. The lowest BCUT2D eigenvalue weighted by molar-refractivity contribution is -0.122. The first-order valence-corrected chi connectivity index (χ1v) is 7.18. The highest BCUT2D eigenvalue weighted by Crippen LogP contribution is 2.06. The van der Waals surface area contributed by atoms with E-state index in [0.29, 0.717) is 19.5 Å². The maximum absolute atomic E-state index is 11.7. The highest BCUT2D eigenvalue weighted by atomic mass is 16.2. The van der Waals surface area contributed by atoms with Gasteiger partial charge < -0.3 is 10.4 Å². The standard InChI is InChI=1S/C17H24N2O2/c1-14(2)18-17(21)13-19(3)12-16-9-6-8-15(11-16)7-4-5-10-20/h6,8-9,11,14,20H,5,10,12-13H2,1-3H3,(H,18,21). The number of likely N-dealkylation sites (N-methyl/N-ethyl adjacent to an activating group) is 1. The van der Waals surface area contributed by atoms with E-state index in [1.807, 2.05) is 50.1 Å². The molecule has 21 heavy (non-hydrogen) atoms. The van der Waals surface area contributed by atoms with Gasteiger partial charge in [-0.2, -0.15) is 0 Å². The molecule has 0 heterocycles. The van der Waals surface area contributed by atoms with E-state index >= 15 is 0 Å². The zero-order valence-corrected chi connectivity index (χ0v) is 13.0. The smallest absolute Gasteiger partial charge is 0.234 e. The molecule has 0 saturated carbocycles. The van der Waals surface area contributed by atoms with Crippen LogP contribution in [0.25, 0.3) is 0 Å². The van der Waals surface area contributed by atoms with Gasteiger partial charge in [0.15, 0.2) is 0 Å². The Morgan fingerprint density at radius 3 is 2.86 bits per heavy atom. The summed E-state index contributed by atoms with van der Waals surface area (Å²) in [4.78, 5) is 13.7. The molecule has 1 rings (SSSR count). The number of hydrogen-bond acceptors (Lipinski definition) is 3. The molecule has 114 valence electrons. The molecule has 0 unspecified atom stereocenters. The number of hydrogen-bond donors (Lipinski definition) is 2. The third-order valence-corrected chi connectivity index (χ3v) is 2.71. The largest absolute Gasteiger partial charge is 0.395 e. The molecular weight excluding hydrogens is 264 g/mol. The molecule has 0 fully saturated rings. The summed E-state index contributed by atoms with van der Waals surface area (Å²) in [6.45, 7) is 5.05. The van der Waals surface area contributed by atoms with Crippen LogP contribution < -0.4 is 5.32 Å².